The third kappa shape index (κ3) is 4.75. The van der Waals surface area contributed by atoms with Gasteiger partial charge in [-0.15, -0.1) is 0 Å². The molecule has 0 N–H and O–H groups in total. The van der Waals surface area contributed by atoms with Gasteiger partial charge in [0.2, 0.25) is 5.88 Å². The van der Waals surface area contributed by atoms with E-state index in [9.17, 15) is 8.42 Å². The van der Waals surface area contributed by atoms with Crippen LogP contribution in [0.25, 0.3) is 0 Å². The van der Waals surface area contributed by atoms with Gasteiger partial charge in [-0.1, -0.05) is 6.07 Å². The lowest BCUT2D eigenvalue weighted by atomic mass is 10.3. The van der Waals surface area contributed by atoms with Gasteiger partial charge in [0.1, 0.15) is 5.75 Å². The van der Waals surface area contributed by atoms with Gasteiger partial charge in [0.05, 0.1) is 17.6 Å². The van der Waals surface area contributed by atoms with Crippen molar-refractivity contribution in [3.05, 3.63) is 45.9 Å². The minimum atomic E-state index is -3.13. The standard InChI is InChI=1S/C12H11IN2O3S/c1-19(16,17)8-10-6-14-7-12(15-10)18-11-4-2-3-9(13)5-11/h2-7H,8H2,1H3. The van der Waals surface area contributed by atoms with Crippen molar-refractivity contribution >= 4 is 32.4 Å². The molecule has 0 aliphatic heterocycles. The number of aromatic nitrogens is 2. The van der Waals surface area contributed by atoms with Crippen LogP contribution in [0.2, 0.25) is 0 Å². The third-order valence-electron chi connectivity index (χ3n) is 2.09. The fourth-order valence-corrected chi connectivity index (χ4v) is 2.62. The highest BCUT2D eigenvalue weighted by molar-refractivity contribution is 14.1. The Morgan fingerprint density at radius 3 is 2.79 bits per heavy atom. The highest BCUT2D eigenvalue weighted by atomic mass is 127. The number of hydrogen-bond acceptors (Lipinski definition) is 5. The maximum Gasteiger partial charge on any atom is 0.238 e. The average Bonchev–Trinajstić information content (AvgIpc) is 2.27. The Morgan fingerprint density at radius 1 is 1.32 bits per heavy atom. The molecular formula is C12H11IN2O3S. The fraction of sp³-hybridized carbons (Fsp3) is 0.167. The first kappa shape index (κ1) is 14.2. The molecule has 1 heterocycles. The molecule has 0 saturated carbocycles. The molecule has 0 amide bonds. The lowest BCUT2D eigenvalue weighted by molar-refractivity contribution is 0.458. The summed E-state index contributed by atoms with van der Waals surface area (Å²) >= 11 is 2.18. The monoisotopic (exact) mass is 390 g/mol. The van der Waals surface area contributed by atoms with E-state index in [-0.39, 0.29) is 11.6 Å². The number of ether oxygens (including phenoxy) is 1. The highest BCUT2D eigenvalue weighted by Crippen LogP contribution is 2.21. The van der Waals surface area contributed by atoms with Gasteiger partial charge in [0.25, 0.3) is 0 Å². The van der Waals surface area contributed by atoms with Crippen molar-refractivity contribution in [3.8, 4) is 11.6 Å². The minimum Gasteiger partial charge on any atom is -0.437 e. The van der Waals surface area contributed by atoms with Crippen molar-refractivity contribution in [2.45, 2.75) is 5.75 Å². The lowest BCUT2D eigenvalue weighted by Crippen LogP contribution is -2.04. The van der Waals surface area contributed by atoms with E-state index in [1.807, 2.05) is 18.2 Å². The van der Waals surface area contributed by atoms with Gasteiger partial charge in [0.15, 0.2) is 9.84 Å². The van der Waals surface area contributed by atoms with Crippen LogP contribution in [0.1, 0.15) is 5.69 Å². The van der Waals surface area contributed by atoms with Crippen LogP contribution in [-0.4, -0.2) is 24.6 Å². The van der Waals surface area contributed by atoms with E-state index in [0.717, 1.165) is 9.83 Å². The molecule has 0 saturated heterocycles. The first-order chi connectivity index (χ1) is 8.92. The van der Waals surface area contributed by atoms with Crippen LogP contribution >= 0.6 is 22.6 Å². The first-order valence-corrected chi connectivity index (χ1v) is 8.48. The molecule has 2 aromatic rings. The van der Waals surface area contributed by atoms with Gasteiger partial charge in [-0.2, -0.15) is 0 Å². The molecule has 0 bridgehead atoms. The summed E-state index contributed by atoms with van der Waals surface area (Å²) in [6, 6.07) is 7.46. The quantitative estimate of drug-likeness (QED) is 0.751. The number of sulfone groups is 1. The molecular weight excluding hydrogens is 379 g/mol. The van der Waals surface area contributed by atoms with E-state index in [0.29, 0.717) is 11.4 Å². The van der Waals surface area contributed by atoms with Crippen LogP contribution in [0, 0.1) is 3.57 Å². The topological polar surface area (TPSA) is 69.2 Å². The summed E-state index contributed by atoms with van der Waals surface area (Å²) in [7, 11) is -3.13. The van der Waals surface area contributed by atoms with Crippen LogP contribution in [0.15, 0.2) is 36.7 Å². The number of halogens is 1. The molecule has 0 radical (unpaired) electrons. The average molecular weight is 390 g/mol. The normalized spacial score (nSPS) is 11.3. The zero-order valence-electron chi connectivity index (χ0n) is 10.1. The molecule has 0 aliphatic carbocycles. The van der Waals surface area contributed by atoms with E-state index < -0.39 is 9.84 Å². The summed E-state index contributed by atoms with van der Waals surface area (Å²) in [6.45, 7) is 0. The Hall–Kier alpha value is -1.22. The van der Waals surface area contributed by atoms with Crippen molar-refractivity contribution < 1.29 is 13.2 Å². The van der Waals surface area contributed by atoms with Crippen LogP contribution in [-0.2, 0) is 15.6 Å². The minimum absolute atomic E-state index is 0.149. The second-order valence-corrected chi connectivity index (χ2v) is 7.36. The molecule has 0 fully saturated rings. The van der Waals surface area contributed by atoms with Crippen LogP contribution in [0.5, 0.6) is 11.6 Å². The number of rotatable bonds is 4. The van der Waals surface area contributed by atoms with Crippen molar-refractivity contribution in [2.75, 3.05) is 6.26 Å². The van der Waals surface area contributed by atoms with E-state index in [4.69, 9.17) is 4.74 Å². The van der Waals surface area contributed by atoms with E-state index in [1.165, 1.54) is 12.4 Å². The maximum atomic E-state index is 11.2. The Morgan fingerprint density at radius 2 is 2.11 bits per heavy atom. The van der Waals surface area contributed by atoms with E-state index >= 15 is 0 Å². The molecule has 2 rings (SSSR count). The molecule has 19 heavy (non-hydrogen) atoms. The SMILES string of the molecule is CS(=O)(=O)Cc1cncc(Oc2cccc(I)c2)n1. The second-order valence-electron chi connectivity index (χ2n) is 3.98. The summed E-state index contributed by atoms with van der Waals surface area (Å²) in [5.74, 6) is 0.768. The van der Waals surface area contributed by atoms with Crippen LogP contribution in [0.4, 0.5) is 0 Å². The zero-order valence-corrected chi connectivity index (χ0v) is 13.1. The number of nitrogens with zero attached hydrogens (tertiary/aromatic N) is 2. The van der Waals surface area contributed by atoms with E-state index in [1.54, 1.807) is 6.07 Å². The summed E-state index contributed by atoms with van der Waals surface area (Å²) in [4.78, 5) is 8.05. The largest absolute Gasteiger partial charge is 0.437 e. The number of benzene rings is 1. The summed E-state index contributed by atoms with van der Waals surface area (Å²) in [5.41, 5.74) is 0.366. The molecule has 0 atom stereocenters. The Kier molecular flexibility index (Phi) is 4.35. The third-order valence-corrected chi connectivity index (χ3v) is 3.58. The summed E-state index contributed by atoms with van der Waals surface area (Å²) in [5, 5.41) is 0. The number of hydrogen-bond donors (Lipinski definition) is 0. The van der Waals surface area contributed by atoms with Crippen LogP contribution in [0.3, 0.4) is 0 Å². The van der Waals surface area contributed by atoms with Crippen LogP contribution < -0.4 is 4.74 Å². The molecule has 0 spiro atoms. The van der Waals surface area contributed by atoms with Gasteiger partial charge >= 0.3 is 0 Å². The van der Waals surface area contributed by atoms with Crippen molar-refractivity contribution in [1.29, 1.82) is 0 Å². The summed E-state index contributed by atoms with van der Waals surface area (Å²) < 4.78 is 29.0. The molecule has 0 unspecified atom stereocenters. The smallest absolute Gasteiger partial charge is 0.238 e. The predicted octanol–water partition coefficient (Wildman–Crippen LogP) is 2.42. The van der Waals surface area contributed by atoms with Crippen molar-refractivity contribution in [3.63, 3.8) is 0 Å². The second kappa shape index (κ2) is 5.83. The Labute approximate surface area is 125 Å². The van der Waals surface area contributed by atoms with Gasteiger partial charge in [-0.25, -0.2) is 13.4 Å². The molecule has 0 aliphatic rings. The molecule has 100 valence electrons. The molecule has 1 aromatic carbocycles. The maximum absolute atomic E-state index is 11.2. The molecule has 1 aromatic heterocycles. The highest BCUT2D eigenvalue weighted by Gasteiger charge is 2.08. The van der Waals surface area contributed by atoms with Gasteiger partial charge in [0, 0.05) is 16.0 Å². The predicted molar refractivity (Wildman–Crippen MR) is 79.8 cm³/mol. The Balaban J connectivity index is 2.20. The van der Waals surface area contributed by atoms with Gasteiger partial charge < -0.3 is 4.74 Å². The zero-order chi connectivity index (χ0) is 13.9. The first-order valence-electron chi connectivity index (χ1n) is 5.34. The van der Waals surface area contributed by atoms with Gasteiger partial charge in [-0.3, -0.25) is 4.98 Å². The lowest BCUT2D eigenvalue weighted by Gasteiger charge is -2.06. The Bertz CT molecular complexity index is 689. The van der Waals surface area contributed by atoms with Gasteiger partial charge in [-0.05, 0) is 40.8 Å². The molecule has 5 nitrogen and oxygen atoms in total. The summed E-state index contributed by atoms with van der Waals surface area (Å²) in [6.07, 6.45) is 4.02. The fourth-order valence-electron chi connectivity index (χ4n) is 1.42. The van der Waals surface area contributed by atoms with Crippen molar-refractivity contribution in [2.24, 2.45) is 0 Å². The molecule has 7 heteroatoms. The van der Waals surface area contributed by atoms with Crippen molar-refractivity contribution in [1.82, 2.24) is 9.97 Å². The van der Waals surface area contributed by atoms with E-state index in [2.05, 4.69) is 32.6 Å².